The van der Waals surface area contributed by atoms with Gasteiger partial charge in [0.2, 0.25) is 0 Å². The molecule has 1 atom stereocenters. The standard InChI is InChI=1S/C11H19N3O/c1-3-9-6-11(14(2)13-9)7-12-10-4-5-15-8-10/h6,10,12H,3-5,7-8H2,1-2H3. The lowest BCUT2D eigenvalue weighted by Crippen LogP contribution is -2.29. The highest BCUT2D eigenvalue weighted by molar-refractivity contribution is 5.10. The van der Waals surface area contributed by atoms with Gasteiger partial charge in [0.1, 0.15) is 0 Å². The van der Waals surface area contributed by atoms with Crippen molar-refractivity contribution >= 4 is 0 Å². The van der Waals surface area contributed by atoms with Gasteiger partial charge in [-0.2, -0.15) is 5.10 Å². The number of nitrogens with zero attached hydrogens (tertiary/aromatic N) is 2. The van der Waals surface area contributed by atoms with Crippen LogP contribution in [0.15, 0.2) is 6.07 Å². The second-order valence-corrected chi connectivity index (χ2v) is 4.05. The molecule has 0 amide bonds. The SMILES string of the molecule is CCc1cc(CNC2CCOC2)n(C)n1. The molecule has 84 valence electrons. The summed E-state index contributed by atoms with van der Waals surface area (Å²) in [6.07, 6.45) is 2.12. The lowest BCUT2D eigenvalue weighted by atomic mass is 10.2. The summed E-state index contributed by atoms with van der Waals surface area (Å²) in [5.74, 6) is 0. The molecule has 1 unspecified atom stereocenters. The normalized spacial score (nSPS) is 21.1. The van der Waals surface area contributed by atoms with Crippen molar-refractivity contribution in [1.82, 2.24) is 15.1 Å². The maximum atomic E-state index is 5.32. The topological polar surface area (TPSA) is 39.1 Å². The van der Waals surface area contributed by atoms with E-state index in [4.69, 9.17) is 4.74 Å². The Labute approximate surface area is 90.6 Å². The average Bonchev–Trinajstić information content (AvgIpc) is 2.84. The highest BCUT2D eigenvalue weighted by atomic mass is 16.5. The van der Waals surface area contributed by atoms with E-state index in [0.29, 0.717) is 6.04 Å². The molecule has 15 heavy (non-hydrogen) atoms. The lowest BCUT2D eigenvalue weighted by molar-refractivity contribution is 0.189. The molecule has 0 aromatic carbocycles. The minimum atomic E-state index is 0.518. The van der Waals surface area contributed by atoms with Crippen molar-refractivity contribution in [2.75, 3.05) is 13.2 Å². The van der Waals surface area contributed by atoms with E-state index in [2.05, 4.69) is 23.4 Å². The van der Waals surface area contributed by atoms with Gasteiger partial charge in [-0.15, -0.1) is 0 Å². The number of ether oxygens (including phenoxy) is 1. The van der Waals surface area contributed by atoms with Crippen molar-refractivity contribution in [3.05, 3.63) is 17.5 Å². The number of hydrogen-bond donors (Lipinski definition) is 1. The Balaban J connectivity index is 1.89. The molecule has 4 heteroatoms. The van der Waals surface area contributed by atoms with E-state index in [1.807, 2.05) is 11.7 Å². The molecule has 0 aliphatic carbocycles. The van der Waals surface area contributed by atoms with Crippen LogP contribution in [0.4, 0.5) is 0 Å². The molecular weight excluding hydrogens is 190 g/mol. The molecule has 4 nitrogen and oxygen atoms in total. The maximum Gasteiger partial charge on any atom is 0.0625 e. The first-order valence-corrected chi connectivity index (χ1v) is 5.62. The van der Waals surface area contributed by atoms with Crippen LogP contribution in [0.2, 0.25) is 0 Å². The zero-order valence-electron chi connectivity index (χ0n) is 9.49. The Bertz CT molecular complexity index is 316. The molecule has 1 fully saturated rings. The third-order valence-electron chi connectivity index (χ3n) is 2.89. The van der Waals surface area contributed by atoms with Crippen LogP contribution in [0.5, 0.6) is 0 Å². The second-order valence-electron chi connectivity index (χ2n) is 4.05. The molecule has 1 N–H and O–H groups in total. The van der Waals surface area contributed by atoms with Gasteiger partial charge in [-0.05, 0) is 18.9 Å². The zero-order valence-corrected chi connectivity index (χ0v) is 9.49. The Morgan fingerprint density at radius 2 is 2.53 bits per heavy atom. The highest BCUT2D eigenvalue weighted by Gasteiger charge is 2.15. The van der Waals surface area contributed by atoms with Gasteiger partial charge in [0.25, 0.3) is 0 Å². The van der Waals surface area contributed by atoms with Gasteiger partial charge in [0.05, 0.1) is 18.0 Å². The molecule has 2 rings (SSSR count). The first-order valence-electron chi connectivity index (χ1n) is 5.62. The molecule has 0 bridgehead atoms. The van der Waals surface area contributed by atoms with Gasteiger partial charge in [0.15, 0.2) is 0 Å². The Morgan fingerprint density at radius 1 is 1.67 bits per heavy atom. The van der Waals surface area contributed by atoms with Crippen molar-refractivity contribution in [3.63, 3.8) is 0 Å². The van der Waals surface area contributed by atoms with Gasteiger partial charge in [-0.25, -0.2) is 0 Å². The zero-order chi connectivity index (χ0) is 10.7. The molecule has 1 aliphatic heterocycles. The molecule has 1 aliphatic rings. The van der Waals surface area contributed by atoms with Gasteiger partial charge >= 0.3 is 0 Å². The molecule has 0 radical (unpaired) electrons. The van der Waals surface area contributed by atoms with Crippen molar-refractivity contribution in [1.29, 1.82) is 0 Å². The second kappa shape index (κ2) is 4.77. The van der Waals surface area contributed by atoms with Crippen LogP contribution in [-0.4, -0.2) is 29.0 Å². The van der Waals surface area contributed by atoms with E-state index in [0.717, 1.165) is 38.3 Å². The number of aromatic nitrogens is 2. The van der Waals surface area contributed by atoms with Gasteiger partial charge in [-0.3, -0.25) is 4.68 Å². The summed E-state index contributed by atoms with van der Waals surface area (Å²) in [6.45, 7) is 4.75. The summed E-state index contributed by atoms with van der Waals surface area (Å²) >= 11 is 0. The van der Waals surface area contributed by atoms with Crippen molar-refractivity contribution in [3.8, 4) is 0 Å². The van der Waals surface area contributed by atoms with E-state index in [1.165, 1.54) is 5.69 Å². The number of hydrogen-bond acceptors (Lipinski definition) is 3. The summed E-state index contributed by atoms with van der Waals surface area (Å²) in [5, 5.41) is 7.91. The smallest absolute Gasteiger partial charge is 0.0625 e. The fourth-order valence-corrected chi connectivity index (χ4v) is 1.85. The van der Waals surface area contributed by atoms with Crippen LogP contribution in [-0.2, 0) is 24.8 Å². The van der Waals surface area contributed by atoms with Crippen LogP contribution in [0.3, 0.4) is 0 Å². The first kappa shape index (κ1) is 10.6. The van der Waals surface area contributed by atoms with E-state index >= 15 is 0 Å². The van der Waals surface area contributed by atoms with E-state index in [1.54, 1.807) is 0 Å². The lowest BCUT2D eigenvalue weighted by Gasteiger charge is -2.09. The maximum absolute atomic E-state index is 5.32. The van der Waals surface area contributed by atoms with E-state index < -0.39 is 0 Å². The Hall–Kier alpha value is -0.870. The number of rotatable bonds is 4. The van der Waals surface area contributed by atoms with Crippen LogP contribution in [0.25, 0.3) is 0 Å². The van der Waals surface area contributed by atoms with Crippen LogP contribution >= 0.6 is 0 Å². The van der Waals surface area contributed by atoms with Gasteiger partial charge in [-0.1, -0.05) is 6.92 Å². The predicted octanol–water partition coefficient (Wildman–Crippen LogP) is 0.861. The van der Waals surface area contributed by atoms with Crippen molar-refractivity contribution in [2.24, 2.45) is 7.05 Å². The van der Waals surface area contributed by atoms with E-state index in [9.17, 15) is 0 Å². The molecule has 0 saturated carbocycles. The molecule has 1 saturated heterocycles. The Morgan fingerprint density at radius 3 is 3.13 bits per heavy atom. The summed E-state index contributed by atoms with van der Waals surface area (Å²) in [7, 11) is 2.00. The molecule has 2 heterocycles. The fourth-order valence-electron chi connectivity index (χ4n) is 1.85. The Kier molecular flexibility index (Phi) is 3.38. The predicted molar refractivity (Wildman–Crippen MR) is 58.6 cm³/mol. The van der Waals surface area contributed by atoms with Crippen molar-refractivity contribution in [2.45, 2.75) is 32.4 Å². The summed E-state index contributed by atoms with van der Waals surface area (Å²) in [5.41, 5.74) is 2.41. The molecule has 1 aromatic heterocycles. The number of aryl methyl sites for hydroxylation is 2. The minimum absolute atomic E-state index is 0.518. The van der Waals surface area contributed by atoms with Crippen LogP contribution in [0.1, 0.15) is 24.7 Å². The fraction of sp³-hybridized carbons (Fsp3) is 0.727. The largest absolute Gasteiger partial charge is 0.380 e. The molecule has 1 aromatic rings. The van der Waals surface area contributed by atoms with Crippen molar-refractivity contribution < 1.29 is 4.74 Å². The average molecular weight is 209 g/mol. The van der Waals surface area contributed by atoms with Gasteiger partial charge in [0, 0.05) is 26.2 Å². The monoisotopic (exact) mass is 209 g/mol. The summed E-state index contributed by atoms with van der Waals surface area (Å²) < 4.78 is 7.28. The summed E-state index contributed by atoms with van der Waals surface area (Å²) in [4.78, 5) is 0. The molecule has 0 spiro atoms. The highest BCUT2D eigenvalue weighted by Crippen LogP contribution is 2.07. The molecular formula is C11H19N3O. The van der Waals surface area contributed by atoms with E-state index in [-0.39, 0.29) is 0 Å². The van der Waals surface area contributed by atoms with Gasteiger partial charge < -0.3 is 10.1 Å². The minimum Gasteiger partial charge on any atom is -0.380 e. The third-order valence-corrected chi connectivity index (χ3v) is 2.89. The summed E-state index contributed by atoms with van der Waals surface area (Å²) in [6, 6.07) is 2.69. The first-order chi connectivity index (χ1) is 7.29. The number of nitrogens with one attached hydrogen (secondary N) is 1. The quantitative estimate of drug-likeness (QED) is 0.799. The van der Waals surface area contributed by atoms with Crippen LogP contribution in [0, 0.1) is 0 Å². The van der Waals surface area contributed by atoms with Crippen LogP contribution < -0.4 is 5.32 Å². The third kappa shape index (κ3) is 2.58.